The lowest BCUT2D eigenvalue weighted by atomic mass is 9.77. The van der Waals surface area contributed by atoms with Gasteiger partial charge >= 0.3 is 0 Å². The average molecular weight is 759 g/mol. The third kappa shape index (κ3) is 7.99. The second-order valence-electron chi connectivity index (χ2n) is 18.4. The molecule has 0 radical (unpaired) electrons. The van der Waals surface area contributed by atoms with Gasteiger partial charge in [0.2, 0.25) is 0 Å². The van der Waals surface area contributed by atoms with Gasteiger partial charge < -0.3 is 43.7 Å². The first kappa shape index (κ1) is 42.1. The number of methoxy groups -OCH3 is 1. The number of carbonyl (C=O) groups is 1. The first-order valence-corrected chi connectivity index (χ1v) is 21.0. The van der Waals surface area contributed by atoms with Gasteiger partial charge in [-0.05, 0) is 69.3 Å². The maximum atomic E-state index is 13.4. The molecule has 10 heteroatoms. The molecule has 0 aliphatic carbocycles. The van der Waals surface area contributed by atoms with Crippen molar-refractivity contribution in [2.45, 2.75) is 185 Å². The summed E-state index contributed by atoms with van der Waals surface area (Å²) in [4.78, 5) is 13.4. The van der Waals surface area contributed by atoms with Crippen LogP contribution in [0, 0.1) is 35.5 Å². The summed E-state index contributed by atoms with van der Waals surface area (Å²) in [5, 5.41) is 32.5. The van der Waals surface area contributed by atoms with E-state index in [2.05, 4.69) is 46.8 Å². The summed E-state index contributed by atoms with van der Waals surface area (Å²) in [5.41, 5.74) is 0.0262. The van der Waals surface area contributed by atoms with Crippen molar-refractivity contribution in [1.29, 1.82) is 0 Å². The molecule has 0 saturated carbocycles. The smallest absolute Gasteiger partial charge is 0.192 e. The molecule has 5 aliphatic rings. The Morgan fingerprint density at radius 3 is 2.39 bits per heavy atom. The van der Waals surface area contributed by atoms with Gasteiger partial charge in [-0.25, -0.2) is 0 Å². The van der Waals surface area contributed by atoms with Crippen molar-refractivity contribution in [3.8, 4) is 0 Å². The first-order valence-electron chi connectivity index (χ1n) is 21.0. The lowest BCUT2D eigenvalue weighted by molar-refractivity contribution is -0.336. The lowest BCUT2D eigenvalue weighted by Crippen LogP contribution is -2.57. The SMILES string of the molecule is CCC1(C2OC(C3OC(O)(CO)C(C)CC3C)CC2C)CCC(C2(C)CCC3(CC(O)C(C)C(C(C)C(OC)C(C)C(=O)CCc4ccccc4)O3)O2)O1. The summed E-state index contributed by atoms with van der Waals surface area (Å²) in [6, 6.07) is 10.1. The molecule has 5 saturated heterocycles. The molecule has 17 atom stereocenters. The van der Waals surface area contributed by atoms with Crippen molar-refractivity contribution in [1.82, 2.24) is 0 Å². The molecule has 3 N–H and O–H groups in total. The van der Waals surface area contributed by atoms with Gasteiger partial charge in [0, 0.05) is 50.0 Å². The second-order valence-corrected chi connectivity index (χ2v) is 18.4. The van der Waals surface area contributed by atoms with Crippen LogP contribution in [-0.2, 0) is 39.6 Å². The van der Waals surface area contributed by atoms with Crippen molar-refractivity contribution in [2.24, 2.45) is 35.5 Å². The van der Waals surface area contributed by atoms with E-state index in [1.165, 1.54) is 0 Å². The maximum absolute atomic E-state index is 13.4. The number of benzene rings is 1. The van der Waals surface area contributed by atoms with Crippen LogP contribution in [0.5, 0.6) is 0 Å². The van der Waals surface area contributed by atoms with Crippen molar-refractivity contribution in [2.75, 3.05) is 13.7 Å². The lowest BCUT2D eigenvalue weighted by Gasteiger charge is -2.49. The fourth-order valence-electron chi connectivity index (χ4n) is 11.1. The fraction of sp³-hybridized carbons (Fsp3) is 0.841. The summed E-state index contributed by atoms with van der Waals surface area (Å²) in [6.07, 6.45) is 4.68. The number of hydrogen-bond donors (Lipinski definition) is 3. The highest BCUT2D eigenvalue weighted by atomic mass is 16.7. The number of rotatable bonds is 13. The number of carbonyl (C=O) groups excluding carboxylic acids is 1. The van der Waals surface area contributed by atoms with E-state index < -0.39 is 35.5 Å². The molecule has 1 aromatic rings. The normalized spacial score (nSPS) is 45.8. The van der Waals surface area contributed by atoms with Gasteiger partial charge in [-0.15, -0.1) is 0 Å². The molecule has 0 amide bonds. The molecule has 10 nitrogen and oxygen atoms in total. The summed E-state index contributed by atoms with van der Waals surface area (Å²) in [7, 11) is 1.66. The highest BCUT2D eigenvalue weighted by Crippen LogP contribution is 2.55. The molecule has 5 heterocycles. The molecule has 0 aromatic heterocycles. The van der Waals surface area contributed by atoms with Gasteiger partial charge in [0.25, 0.3) is 0 Å². The molecule has 306 valence electrons. The van der Waals surface area contributed by atoms with Crippen LogP contribution in [0.3, 0.4) is 0 Å². The number of hydrogen-bond acceptors (Lipinski definition) is 10. The molecular formula is C44H70O10. The Labute approximate surface area is 323 Å². The van der Waals surface area contributed by atoms with Gasteiger partial charge in [-0.2, -0.15) is 0 Å². The van der Waals surface area contributed by atoms with Crippen LogP contribution in [0.25, 0.3) is 0 Å². The quantitative estimate of drug-likeness (QED) is 0.208. The minimum absolute atomic E-state index is 0.143. The van der Waals surface area contributed by atoms with E-state index in [1.807, 2.05) is 39.0 Å². The zero-order chi connectivity index (χ0) is 39.2. The van der Waals surface area contributed by atoms with Crippen LogP contribution in [0.2, 0.25) is 0 Å². The number of ketones is 1. The highest BCUT2D eigenvalue weighted by molar-refractivity contribution is 5.81. The van der Waals surface area contributed by atoms with E-state index in [0.29, 0.717) is 25.7 Å². The molecule has 5 fully saturated rings. The van der Waals surface area contributed by atoms with Gasteiger partial charge in [0.1, 0.15) is 5.78 Å². The summed E-state index contributed by atoms with van der Waals surface area (Å²) >= 11 is 0. The topological polar surface area (TPSA) is 133 Å². The average Bonchev–Trinajstić information content (AvgIpc) is 3.87. The largest absolute Gasteiger partial charge is 0.393 e. The Balaban J connectivity index is 1.11. The standard InChI is InChI=1S/C44H70O10/c1-10-42(40-27(3)23-35(50-40)37-26(2)22-28(4)44(48,25-45)53-37)19-18-36(51-42)41(8)20-21-43(54-41)24-34(47)30(6)39(52-43)31(7)38(49-9)29(5)33(46)17-16-32-14-12-11-13-15-32/h11-15,26-31,34-40,45,47-48H,10,16-25H2,1-9H3. The van der Waals surface area contributed by atoms with Gasteiger partial charge in [0.05, 0.1) is 60.5 Å². The Bertz CT molecular complexity index is 1410. The van der Waals surface area contributed by atoms with E-state index >= 15 is 0 Å². The van der Waals surface area contributed by atoms with Crippen LogP contribution in [-0.4, -0.2) is 100 Å². The third-order valence-corrected chi connectivity index (χ3v) is 14.7. The predicted molar refractivity (Wildman–Crippen MR) is 204 cm³/mol. The fourth-order valence-corrected chi connectivity index (χ4v) is 11.1. The molecule has 17 unspecified atom stereocenters. The van der Waals surface area contributed by atoms with E-state index in [9.17, 15) is 20.1 Å². The molecule has 1 aromatic carbocycles. The monoisotopic (exact) mass is 758 g/mol. The Morgan fingerprint density at radius 2 is 1.72 bits per heavy atom. The highest BCUT2D eigenvalue weighted by Gasteiger charge is 2.62. The molecule has 1 spiro atoms. The van der Waals surface area contributed by atoms with Crippen molar-refractivity contribution in [3.05, 3.63) is 35.9 Å². The summed E-state index contributed by atoms with van der Waals surface area (Å²) < 4.78 is 40.3. The van der Waals surface area contributed by atoms with Crippen LogP contribution < -0.4 is 0 Å². The van der Waals surface area contributed by atoms with E-state index in [1.54, 1.807) is 7.11 Å². The minimum atomic E-state index is -1.56. The Morgan fingerprint density at radius 1 is 1.00 bits per heavy atom. The number of ether oxygens (including phenoxy) is 6. The Hall–Kier alpha value is -1.47. The minimum Gasteiger partial charge on any atom is -0.393 e. The van der Waals surface area contributed by atoms with Crippen molar-refractivity contribution in [3.63, 3.8) is 0 Å². The molecule has 5 aliphatic heterocycles. The molecule has 54 heavy (non-hydrogen) atoms. The summed E-state index contributed by atoms with van der Waals surface area (Å²) in [5.74, 6) is -2.79. The van der Waals surface area contributed by atoms with E-state index in [-0.39, 0.29) is 77.9 Å². The summed E-state index contributed by atoms with van der Waals surface area (Å²) in [6.45, 7) is 16.2. The second kappa shape index (κ2) is 16.4. The van der Waals surface area contributed by atoms with Gasteiger partial charge in [0.15, 0.2) is 11.6 Å². The van der Waals surface area contributed by atoms with Crippen LogP contribution in [0.4, 0.5) is 0 Å². The van der Waals surface area contributed by atoms with Crippen LogP contribution in [0.1, 0.15) is 119 Å². The predicted octanol–water partition coefficient (Wildman–Crippen LogP) is 6.39. The number of Topliss-reactive ketones (excluding diaryl/α,β-unsaturated/α-hetero) is 1. The molecular weight excluding hydrogens is 688 g/mol. The zero-order valence-corrected chi connectivity index (χ0v) is 34.4. The zero-order valence-electron chi connectivity index (χ0n) is 34.4. The van der Waals surface area contributed by atoms with Crippen molar-refractivity contribution < 1.29 is 48.5 Å². The molecule has 0 bridgehead atoms. The van der Waals surface area contributed by atoms with Crippen molar-refractivity contribution >= 4 is 5.78 Å². The van der Waals surface area contributed by atoms with Gasteiger partial charge in [-0.3, -0.25) is 4.79 Å². The number of aryl methyl sites for hydroxylation is 1. The van der Waals surface area contributed by atoms with E-state index in [0.717, 1.165) is 44.1 Å². The van der Waals surface area contributed by atoms with E-state index in [4.69, 9.17) is 28.4 Å². The third-order valence-electron chi connectivity index (χ3n) is 14.7. The maximum Gasteiger partial charge on any atom is 0.192 e. The number of aliphatic hydroxyl groups is 3. The molecule has 6 rings (SSSR count). The van der Waals surface area contributed by atoms with Crippen LogP contribution >= 0.6 is 0 Å². The first-order chi connectivity index (χ1) is 25.5. The van der Waals surface area contributed by atoms with Crippen LogP contribution in [0.15, 0.2) is 30.3 Å². The van der Waals surface area contributed by atoms with Gasteiger partial charge in [-0.1, -0.05) is 78.8 Å². The number of aliphatic hydroxyl groups excluding tert-OH is 2. The Kier molecular flexibility index (Phi) is 12.8.